The molecule has 0 aromatic rings. The molecule has 2 heterocycles. The quantitative estimate of drug-likeness (QED) is 0.784. The minimum absolute atomic E-state index is 0.347. The van der Waals surface area contributed by atoms with Gasteiger partial charge in [0, 0.05) is 39.2 Å². The molecule has 4 nitrogen and oxygen atoms in total. The molecule has 0 aromatic carbocycles. The third kappa shape index (κ3) is 3.01. The molecule has 2 saturated heterocycles. The molecule has 1 amide bonds. The van der Waals surface area contributed by atoms with E-state index in [1.54, 1.807) is 7.11 Å². The van der Waals surface area contributed by atoms with Gasteiger partial charge in [0.05, 0.1) is 6.61 Å². The number of nitrogens with zero attached hydrogens (tertiary/aromatic N) is 2. The van der Waals surface area contributed by atoms with Crippen LogP contribution in [0, 0.1) is 17.8 Å². The van der Waals surface area contributed by atoms with Crippen LogP contribution in [-0.2, 0) is 9.53 Å². The molecule has 0 spiro atoms. The van der Waals surface area contributed by atoms with Crippen LogP contribution in [0.5, 0.6) is 0 Å². The molecule has 1 saturated carbocycles. The average Bonchev–Trinajstić information content (AvgIpc) is 3.12. The number of amides is 1. The smallest absolute Gasteiger partial charge is 0.225 e. The van der Waals surface area contributed by atoms with E-state index in [0.717, 1.165) is 51.5 Å². The average molecular weight is 280 g/mol. The van der Waals surface area contributed by atoms with Crippen LogP contribution < -0.4 is 0 Å². The summed E-state index contributed by atoms with van der Waals surface area (Å²) in [6, 6.07) is 0. The monoisotopic (exact) mass is 280 g/mol. The molecule has 2 atom stereocenters. The van der Waals surface area contributed by atoms with Crippen molar-refractivity contribution < 1.29 is 9.53 Å². The molecule has 0 unspecified atom stereocenters. The van der Waals surface area contributed by atoms with E-state index in [-0.39, 0.29) is 0 Å². The number of fused-ring (bicyclic) bond motifs is 1. The predicted molar refractivity (Wildman–Crippen MR) is 78.5 cm³/mol. The van der Waals surface area contributed by atoms with Crippen molar-refractivity contribution >= 4 is 5.91 Å². The second-order valence-corrected chi connectivity index (χ2v) is 6.83. The summed E-state index contributed by atoms with van der Waals surface area (Å²) in [4.78, 5) is 17.2. The molecule has 1 aliphatic carbocycles. The van der Waals surface area contributed by atoms with E-state index in [0.29, 0.717) is 17.7 Å². The Balaban J connectivity index is 1.52. The van der Waals surface area contributed by atoms with Crippen molar-refractivity contribution in [3.8, 4) is 0 Å². The van der Waals surface area contributed by atoms with E-state index in [2.05, 4.69) is 9.80 Å². The lowest BCUT2D eigenvalue weighted by atomic mass is 9.89. The van der Waals surface area contributed by atoms with Gasteiger partial charge in [-0.2, -0.15) is 0 Å². The first-order valence-electron chi connectivity index (χ1n) is 8.28. The van der Waals surface area contributed by atoms with E-state index in [4.69, 9.17) is 4.74 Å². The zero-order valence-corrected chi connectivity index (χ0v) is 12.7. The highest BCUT2D eigenvalue weighted by molar-refractivity contribution is 5.79. The number of methoxy groups -OCH3 is 1. The Morgan fingerprint density at radius 3 is 2.60 bits per heavy atom. The molecule has 114 valence electrons. The van der Waals surface area contributed by atoms with Gasteiger partial charge in [-0.25, -0.2) is 0 Å². The first-order chi connectivity index (χ1) is 9.78. The number of carbonyl (C=O) groups is 1. The van der Waals surface area contributed by atoms with Crippen LogP contribution in [0.15, 0.2) is 0 Å². The Morgan fingerprint density at radius 2 is 1.85 bits per heavy atom. The second-order valence-electron chi connectivity index (χ2n) is 6.83. The molecule has 0 radical (unpaired) electrons. The first kappa shape index (κ1) is 14.3. The van der Waals surface area contributed by atoms with Crippen molar-refractivity contribution in [2.24, 2.45) is 17.8 Å². The summed E-state index contributed by atoms with van der Waals surface area (Å²) in [7, 11) is 1.77. The number of hydrogen-bond donors (Lipinski definition) is 0. The minimum Gasteiger partial charge on any atom is -0.383 e. The Hall–Kier alpha value is -0.610. The van der Waals surface area contributed by atoms with Gasteiger partial charge in [-0.1, -0.05) is 12.8 Å². The molecular formula is C16H28N2O2. The van der Waals surface area contributed by atoms with Gasteiger partial charge in [0.25, 0.3) is 0 Å². The Bertz CT molecular complexity index is 341. The maximum Gasteiger partial charge on any atom is 0.225 e. The second kappa shape index (κ2) is 6.44. The summed E-state index contributed by atoms with van der Waals surface area (Å²) in [6.07, 6.45) is 6.02. The maximum absolute atomic E-state index is 12.5. The van der Waals surface area contributed by atoms with Crippen LogP contribution in [0.1, 0.15) is 32.1 Å². The van der Waals surface area contributed by atoms with Crippen molar-refractivity contribution in [1.29, 1.82) is 0 Å². The van der Waals surface area contributed by atoms with Crippen molar-refractivity contribution in [3.05, 3.63) is 0 Å². The number of likely N-dealkylation sites (tertiary alicyclic amines) is 2. The number of piperidine rings is 1. The van der Waals surface area contributed by atoms with Gasteiger partial charge >= 0.3 is 0 Å². The van der Waals surface area contributed by atoms with E-state index in [1.807, 2.05) is 0 Å². The van der Waals surface area contributed by atoms with Gasteiger partial charge in [-0.3, -0.25) is 4.79 Å². The Kier molecular flexibility index (Phi) is 4.61. The Morgan fingerprint density at radius 1 is 1.10 bits per heavy atom. The molecular weight excluding hydrogens is 252 g/mol. The first-order valence-corrected chi connectivity index (χ1v) is 8.28. The van der Waals surface area contributed by atoms with Crippen molar-refractivity contribution in [2.45, 2.75) is 32.1 Å². The molecule has 20 heavy (non-hydrogen) atoms. The molecule has 3 aliphatic rings. The van der Waals surface area contributed by atoms with E-state index in [1.165, 1.54) is 25.8 Å². The standard InChI is InChI=1S/C16H28N2O2/c1-20-9-8-17-7-6-14-11-18(12-15(14)10-17)16(19)13-4-2-3-5-13/h13-15H,2-12H2,1H3/t14-,15+/m0/s1. The fourth-order valence-electron chi connectivity index (χ4n) is 4.28. The highest BCUT2D eigenvalue weighted by Gasteiger charge is 2.40. The molecule has 0 bridgehead atoms. The van der Waals surface area contributed by atoms with Crippen molar-refractivity contribution in [2.75, 3.05) is 46.4 Å². The predicted octanol–water partition coefficient (Wildman–Crippen LogP) is 1.60. The third-order valence-corrected chi connectivity index (χ3v) is 5.51. The number of rotatable bonds is 4. The lowest BCUT2D eigenvalue weighted by Gasteiger charge is -2.33. The Labute approximate surface area is 122 Å². The largest absolute Gasteiger partial charge is 0.383 e. The highest BCUT2D eigenvalue weighted by atomic mass is 16.5. The van der Waals surface area contributed by atoms with Gasteiger partial charge in [-0.15, -0.1) is 0 Å². The van der Waals surface area contributed by atoms with Gasteiger partial charge in [0.2, 0.25) is 5.91 Å². The van der Waals surface area contributed by atoms with E-state index < -0.39 is 0 Å². The van der Waals surface area contributed by atoms with Crippen LogP contribution in [0.2, 0.25) is 0 Å². The van der Waals surface area contributed by atoms with Gasteiger partial charge in [0.1, 0.15) is 0 Å². The summed E-state index contributed by atoms with van der Waals surface area (Å²) in [5, 5.41) is 0. The molecule has 0 aromatic heterocycles. The lowest BCUT2D eigenvalue weighted by molar-refractivity contribution is -0.134. The fourth-order valence-corrected chi connectivity index (χ4v) is 4.28. The topological polar surface area (TPSA) is 32.8 Å². The summed E-state index contributed by atoms with van der Waals surface area (Å²) in [5.41, 5.74) is 0. The minimum atomic E-state index is 0.347. The summed E-state index contributed by atoms with van der Waals surface area (Å²) in [5.74, 6) is 2.25. The maximum atomic E-state index is 12.5. The third-order valence-electron chi connectivity index (χ3n) is 5.51. The van der Waals surface area contributed by atoms with Crippen molar-refractivity contribution in [3.63, 3.8) is 0 Å². The zero-order valence-electron chi connectivity index (χ0n) is 12.7. The van der Waals surface area contributed by atoms with E-state index >= 15 is 0 Å². The van der Waals surface area contributed by atoms with E-state index in [9.17, 15) is 4.79 Å². The fraction of sp³-hybridized carbons (Fsp3) is 0.938. The highest BCUT2D eigenvalue weighted by Crippen LogP contribution is 2.34. The van der Waals surface area contributed by atoms with Gasteiger partial charge in [0.15, 0.2) is 0 Å². The van der Waals surface area contributed by atoms with Crippen LogP contribution >= 0.6 is 0 Å². The normalized spacial score (nSPS) is 31.8. The van der Waals surface area contributed by atoms with Gasteiger partial charge < -0.3 is 14.5 Å². The van der Waals surface area contributed by atoms with Crippen LogP contribution in [0.4, 0.5) is 0 Å². The van der Waals surface area contributed by atoms with Crippen LogP contribution in [0.3, 0.4) is 0 Å². The molecule has 4 heteroatoms. The van der Waals surface area contributed by atoms with Gasteiger partial charge in [-0.05, 0) is 37.6 Å². The molecule has 3 fully saturated rings. The zero-order chi connectivity index (χ0) is 13.9. The number of carbonyl (C=O) groups excluding carboxylic acids is 1. The number of ether oxygens (including phenoxy) is 1. The number of hydrogen-bond acceptors (Lipinski definition) is 3. The lowest BCUT2D eigenvalue weighted by Crippen LogP contribution is -2.41. The van der Waals surface area contributed by atoms with Crippen LogP contribution in [0.25, 0.3) is 0 Å². The van der Waals surface area contributed by atoms with Crippen molar-refractivity contribution in [1.82, 2.24) is 9.80 Å². The SMILES string of the molecule is COCCN1CC[C@H]2CN(C(=O)C3CCCC3)C[C@H]2C1. The summed E-state index contributed by atoms with van der Waals surface area (Å²) < 4.78 is 5.18. The van der Waals surface area contributed by atoms with Crippen LogP contribution in [-0.4, -0.2) is 62.1 Å². The molecule has 0 N–H and O–H groups in total. The summed E-state index contributed by atoms with van der Waals surface area (Å²) >= 11 is 0. The molecule has 3 rings (SSSR count). The molecule has 2 aliphatic heterocycles. The summed E-state index contributed by atoms with van der Waals surface area (Å²) in [6.45, 7) is 6.22.